The van der Waals surface area contributed by atoms with E-state index in [0.29, 0.717) is 32.6 Å². The van der Waals surface area contributed by atoms with Crippen molar-refractivity contribution >= 4 is 24.2 Å². The van der Waals surface area contributed by atoms with Gasteiger partial charge in [-0.05, 0) is 18.5 Å². The Bertz CT molecular complexity index is 467. The second kappa shape index (κ2) is 8.64. The first-order valence-electron chi connectivity index (χ1n) is 7.00. The molecular weight excluding hydrogens is 290 g/mol. The zero-order valence-corrected chi connectivity index (χ0v) is 12.8. The minimum absolute atomic E-state index is 0. The molecule has 0 saturated carbocycles. The fraction of sp³-hybridized carbons (Fsp3) is 0.467. The summed E-state index contributed by atoms with van der Waals surface area (Å²) in [5, 5.41) is 2.83. The van der Waals surface area contributed by atoms with Crippen molar-refractivity contribution in [2.24, 2.45) is 11.7 Å². The molecule has 5 nitrogen and oxygen atoms in total. The number of hydrogen-bond acceptors (Lipinski definition) is 3. The van der Waals surface area contributed by atoms with Crippen molar-refractivity contribution in [2.45, 2.75) is 19.4 Å². The van der Waals surface area contributed by atoms with Crippen LogP contribution in [0.1, 0.15) is 18.4 Å². The molecule has 0 aromatic heterocycles. The van der Waals surface area contributed by atoms with E-state index >= 15 is 0 Å². The first-order valence-corrected chi connectivity index (χ1v) is 7.00. The molecule has 2 amide bonds. The van der Waals surface area contributed by atoms with Gasteiger partial charge in [-0.25, -0.2) is 0 Å². The van der Waals surface area contributed by atoms with Crippen LogP contribution in [-0.4, -0.2) is 36.3 Å². The van der Waals surface area contributed by atoms with Crippen LogP contribution < -0.4 is 11.1 Å². The van der Waals surface area contributed by atoms with Gasteiger partial charge in [-0.15, -0.1) is 12.4 Å². The van der Waals surface area contributed by atoms with Crippen LogP contribution >= 0.6 is 12.4 Å². The topological polar surface area (TPSA) is 75.4 Å². The van der Waals surface area contributed by atoms with Gasteiger partial charge in [0.05, 0.1) is 5.92 Å². The van der Waals surface area contributed by atoms with Gasteiger partial charge in [-0.1, -0.05) is 30.3 Å². The summed E-state index contributed by atoms with van der Waals surface area (Å²) in [7, 11) is 0. The molecule has 1 aliphatic heterocycles. The highest BCUT2D eigenvalue weighted by atomic mass is 35.5. The normalized spacial score (nSPS) is 17.5. The third-order valence-electron chi connectivity index (χ3n) is 3.48. The molecule has 1 aromatic rings. The minimum atomic E-state index is -0.232. The molecule has 6 heteroatoms. The number of carbonyl (C=O) groups is 2. The largest absolute Gasteiger partial charge is 0.356 e. The molecular formula is C15H22ClN3O2. The third-order valence-corrected chi connectivity index (χ3v) is 3.48. The summed E-state index contributed by atoms with van der Waals surface area (Å²) in [6, 6.07) is 9.83. The number of likely N-dealkylation sites (tertiary alicyclic amines) is 1. The molecule has 1 atom stereocenters. The van der Waals surface area contributed by atoms with Crippen molar-refractivity contribution < 1.29 is 9.59 Å². The van der Waals surface area contributed by atoms with E-state index in [0.717, 1.165) is 12.0 Å². The van der Waals surface area contributed by atoms with Crippen LogP contribution in [0.2, 0.25) is 0 Å². The molecule has 2 rings (SSSR count). The summed E-state index contributed by atoms with van der Waals surface area (Å²) < 4.78 is 0. The Morgan fingerprint density at radius 2 is 2.05 bits per heavy atom. The molecule has 116 valence electrons. The van der Waals surface area contributed by atoms with Crippen molar-refractivity contribution in [2.75, 3.05) is 19.6 Å². The van der Waals surface area contributed by atoms with Gasteiger partial charge in [-0.2, -0.15) is 0 Å². The number of nitrogens with zero attached hydrogens (tertiary/aromatic N) is 1. The monoisotopic (exact) mass is 311 g/mol. The summed E-state index contributed by atoms with van der Waals surface area (Å²) in [6.45, 7) is 2.22. The van der Waals surface area contributed by atoms with Crippen LogP contribution in [0.25, 0.3) is 0 Å². The van der Waals surface area contributed by atoms with Gasteiger partial charge < -0.3 is 16.0 Å². The lowest BCUT2D eigenvalue weighted by atomic mass is 10.1. The van der Waals surface area contributed by atoms with E-state index in [1.54, 1.807) is 4.90 Å². The summed E-state index contributed by atoms with van der Waals surface area (Å²) in [4.78, 5) is 25.6. The summed E-state index contributed by atoms with van der Waals surface area (Å²) in [5.41, 5.74) is 6.47. The van der Waals surface area contributed by atoms with Crippen molar-refractivity contribution in [3.63, 3.8) is 0 Å². The Morgan fingerprint density at radius 3 is 2.71 bits per heavy atom. The lowest BCUT2D eigenvalue weighted by Crippen LogP contribution is -2.34. The van der Waals surface area contributed by atoms with E-state index in [4.69, 9.17) is 5.73 Å². The molecule has 0 bridgehead atoms. The standard InChI is InChI=1S/C15H21N3O2.ClH/c16-7-4-8-17-15(20)13-9-14(19)18(11-13)10-12-5-2-1-3-6-12;/h1-3,5-6,13H,4,7-11,16H2,(H,17,20);1H. The highest BCUT2D eigenvalue weighted by molar-refractivity contribution is 5.89. The highest BCUT2D eigenvalue weighted by Gasteiger charge is 2.33. The molecule has 0 spiro atoms. The lowest BCUT2D eigenvalue weighted by molar-refractivity contribution is -0.129. The molecule has 21 heavy (non-hydrogen) atoms. The predicted molar refractivity (Wildman–Crippen MR) is 83.9 cm³/mol. The fourth-order valence-corrected chi connectivity index (χ4v) is 2.36. The molecule has 1 aliphatic rings. The van der Waals surface area contributed by atoms with Crippen LogP contribution in [0, 0.1) is 5.92 Å². The SMILES string of the molecule is Cl.NCCCNC(=O)C1CC(=O)N(Cc2ccccc2)C1. The average Bonchev–Trinajstić information content (AvgIpc) is 2.82. The van der Waals surface area contributed by atoms with Crippen LogP contribution in [0.4, 0.5) is 0 Å². The Labute approximate surface area is 131 Å². The van der Waals surface area contributed by atoms with Gasteiger partial charge in [0.15, 0.2) is 0 Å². The zero-order chi connectivity index (χ0) is 14.4. The van der Waals surface area contributed by atoms with Gasteiger partial charge in [0.2, 0.25) is 11.8 Å². The number of hydrogen-bond donors (Lipinski definition) is 2. The second-order valence-corrected chi connectivity index (χ2v) is 5.09. The zero-order valence-electron chi connectivity index (χ0n) is 12.0. The number of halogens is 1. The van der Waals surface area contributed by atoms with Crippen LogP contribution in [0.3, 0.4) is 0 Å². The Balaban J connectivity index is 0.00000220. The van der Waals surface area contributed by atoms with E-state index < -0.39 is 0 Å². The number of nitrogens with two attached hydrogens (primary N) is 1. The van der Waals surface area contributed by atoms with Crippen LogP contribution in [-0.2, 0) is 16.1 Å². The van der Waals surface area contributed by atoms with Crippen molar-refractivity contribution in [1.29, 1.82) is 0 Å². The molecule has 1 unspecified atom stereocenters. The van der Waals surface area contributed by atoms with E-state index in [1.807, 2.05) is 30.3 Å². The second-order valence-electron chi connectivity index (χ2n) is 5.09. The van der Waals surface area contributed by atoms with Gasteiger partial charge >= 0.3 is 0 Å². The summed E-state index contributed by atoms with van der Waals surface area (Å²) in [5.74, 6) is -0.223. The van der Waals surface area contributed by atoms with E-state index in [-0.39, 0.29) is 30.1 Å². The molecule has 0 aliphatic carbocycles. The summed E-state index contributed by atoms with van der Waals surface area (Å²) >= 11 is 0. The van der Waals surface area contributed by atoms with Crippen LogP contribution in [0.5, 0.6) is 0 Å². The summed E-state index contributed by atoms with van der Waals surface area (Å²) in [6.07, 6.45) is 1.07. The lowest BCUT2D eigenvalue weighted by Gasteiger charge is -2.16. The highest BCUT2D eigenvalue weighted by Crippen LogP contribution is 2.20. The Morgan fingerprint density at radius 1 is 1.33 bits per heavy atom. The number of benzene rings is 1. The van der Waals surface area contributed by atoms with Crippen LogP contribution in [0.15, 0.2) is 30.3 Å². The van der Waals surface area contributed by atoms with E-state index in [9.17, 15) is 9.59 Å². The molecule has 1 heterocycles. The van der Waals surface area contributed by atoms with E-state index in [1.165, 1.54) is 0 Å². The molecule has 1 saturated heterocycles. The van der Waals surface area contributed by atoms with E-state index in [2.05, 4.69) is 5.32 Å². The van der Waals surface area contributed by atoms with Crippen molar-refractivity contribution in [3.8, 4) is 0 Å². The first kappa shape index (κ1) is 17.5. The quantitative estimate of drug-likeness (QED) is 0.767. The molecule has 3 N–H and O–H groups in total. The number of carbonyl (C=O) groups excluding carboxylic acids is 2. The fourth-order valence-electron chi connectivity index (χ4n) is 2.36. The molecule has 0 radical (unpaired) electrons. The maximum atomic E-state index is 11.9. The predicted octanol–water partition coefficient (Wildman–Crippen LogP) is 0.922. The molecule has 1 aromatic carbocycles. The van der Waals surface area contributed by atoms with Gasteiger partial charge in [-0.3, -0.25) is 9.59 Å². The Kier molecular flexibility index (Phi) is 7.19. The Hall–Kier alpha value is -1.59. The van der Waals surface area contributed by atoms with Gasteiger partial charge in [0.25, 0.3) is 0 Å². The number of rotatable bonds is 6. The minimum Gasteiger partial charge on any atom is -0.356 e. The van der Waals surface area contributed by atoms with Gasteiger partial charge in [0.1, 0.15) is 0 Å². The number of amides is 2. The molecule has 1 fully saturated rings. The number of nitrogens with one attached hydrogen (secondary N) is 1. The maximum Gasteiger partial charge on any atom is 0.225 e. The van der Waals surface area contributed by atoms with Crippen molar-refractivity contribution in [1.82, 2.24) is 10.2 Å². The first-order chi connectivity index (χ1) is 9.70. The van der Waals surface area contributed by atoms with Gasteiger partial charge in [0, 0.05) is 26.1 Å². The average molecular weight is 312 g/mol. The smallest absolute Gasteiger partial charge is 0.225 e. The maximum absolute atomic E-state index is 11.9. The third kappa shape index (κ3) is 5.02. The van der Waals surface area contributed by atoms with Crippen molar-refractivity contribution in [3.05, 3.63) is 35.9 Å².